The summed E-state index contributed by atoms with van der Waals surface area (Å²) in [4.78, 5) is 32.3. The fraction of sp³-hybridized carbons (Fsp3) is 0.360. The lowest BCUT2D eigenvalue weighted by Gasteiger charge is -2.35. The molecule has 1 saturated carbocycles. The van der Waals surface area contributed by atoms with Gasteiger partial charge in [0.05, 0.1) is 31.6 Å². The highest BCUT2D eigenvalue weighted by molar-refractivity contribution is 7.14. The summed E-state index contributed by atoms with van der Waals surface area (Å²) in [6.07, 6.45) is 5.92. The molecule has 1 fully saturated rings. The van der Waals surface area contributed by atoms with Gasteiger partial charge in [0.2, 0.25) is 0 Å². The van der Waals surface area contributed by atoms with Crippen molar-refractivity contribution in [3.05, 3.63) is 63.0 Å². The van der Waals surface area contributed by atoms with Gasteiger partial charge < -0.3 is 25.4 Å². The zero-order valence-electron chi connectivity index (χ0n) is 20.5. The van der Waals surface area contributed by atoms with Gasteiger partial charge in [-0.25, -0.2) is 4.98 Å². The number of carbonyl (C=O) groups is 1. The first-order chi connectivity index (χ1) is 18.1. The Bertz CT molecular complexity index is 1520. The molecule has 1 aliphatic carbocycles. The summed E-state index contributed by atoms with van der Waals surface area (Å²) >= 11 is 1.61. The molecule has 0 unspecified atom stereocenters. The summed E-state index contributed by atoms with van der Waals surface area (Å²) in [7, 11) is 3.41. The van der Waals surface area contributed by atoms with Crippen LogP contribution in [0.25, 0.3) is 10.6 Å². The lowest BCUT2D eigenvalue weighted by molar-refractivity contribution is 0.00732. The standard InChI is InChI=1S/C25H27N7O4S/c1-26-21-11-20(30-23-15(12-27-32(21)23)24(33)29-16-5-6-18(16)35-2)28-17-4-3-8-31(25(17)34)22-10-14-13-36-9-7-19(14)37-22/h3-4,8,10-12,16,18,26H,5-7,9,13H2,1-2H3,(H,28,30)(H,29,33)/t16-,18-/m1/s1. The second-order valence-corrected chi connectivity index (χ2v) is 10.2. The van der Waals surface area contributed by atoms with Crippen LogP contribution in [0.1, 0.15) is 33.6 Å². The lowest BCUT2D eigenvalue weighted by Crippen LogP contribution is -2.51. The van der Waals surface area contributed by atoms with Crippen LogP contribution < -0.4 is 21.5 Å². The van der Waals surface area contributed by atoms with Gasteiger partial charge in [0.1, 0.15) is 27.9 Å². The predicted molar refractivity (Wildman–Crippen MR) is 140 cm³/mol. The Labute approximate surface area is 216 Å². The minimum Gasteiger partial charge on any atom is -0.379 e. The quantitative estimate of drug-likeness (QED) is 0.339. The molecule has 1 aliphatic heterocycles. The number of hydrogen-bond acceptors (Lipinski definition) is 9. The minimum absolute atomic E-state index is 0.0190. The Kier molecular flexibility index (Phi) is 6.14. The Morgan fingerprint density at radius 1 is 1.30 bits per heavy atom. The van der Waals surface area contributed by atoms with Gasteiger partial charge in [0.15, 0.2) is 5.65 Å². The predicted octanol–water partition coefficient (Wildman–Crippen LogP) is 2.71. The number of amides is 1. The first-order valence-corrected chi connectivity index (χ1v) is 13.0. The number of aromatic nitrogens is 4. The molecule has 37 heavy (non-hydrogen) atoms. The van der Waals surface area contributed by atoms with Crippen molar-refractivity contribution in [2.75, 3.05) is 31.4 Å². The molecule has 3 N–H and O–H groups in total. The average Bonchev–Trinajstić information content (AvgIpc) is 3.52. The van der Waals surface area contributed by atoms with Crippen LogP contribution >= 0.6 is 11.3 Å². The number of rotatable bonds is 7. The van der Waals surface area contributed by atoms with E-state index in [4.69, 9.17) is 9.47 Å². The second kappa shape index (κ2) is 9.61. The molecule has 11 nitrogen and oxygen atoms in total. The van der Waals surface area contributed by atoms with Crippen molar-refractivity contribution in [3.63, 3.8) is 0 Å². The maximum Gasteiger partial charge on any atom is 0.279 e. The van der Waals surface area contributed by atoms with E-state index >= 15 is 0 Å². The normalized spacial score (nSPS) is 18.8. The van der Waals surface area contributed by atoms with Gasteiger partial charge in [-0.2, -0.15) is 9.61 Å². The number of methoxy groups -OCH3 is 1. The molecule has 2 aliphatic rings. The Morgan fingerprint density at radius 3 is 2.95 bits per heavy atom. The number of nitrogens with zero attached hydrogens (tertiary/aromatic N) is 4. The van der Waals surface area contributed by atoms with Gasteiger partial charge in [-0.05, 0) is 36.6 Å². The topological polar surface area (TPSA) is 124 Å². The van der Waals surface area contributed by atoms with Crippen molar-refractivity contribution in [1.29, 1.82) is 0 Å². The monoisotopic (exact) mass is 521 g/mol. The number of fused-ring (bicyclic) bond motifs is 2. The van der Waals surface area contributed by atoms with Crippen LogP contribution in [0.3, 0.4) is 0 Å². The van der Waals surface area contributed by atoms with E-state index in [0.29, 0.717) is 41.7 Å². The second-order valence-electron chi connectivity index (χ2n) is 9.06. The van der Waals surface area contributed by atoms with Crippen molar-refractivity contribution in [3.8, 4) is 5.00 Å². The molecule has 1 amide bonds. The number of thiophene rings is 1. The zero-order valence-corrected chi connectivity index (χ0v) is 21.3. The third-order valence-electron chi connectivity index (χ3n) is 6.86. The molecule has 0 bridgehead atoms. The van der Waals surface area contributed by atoms with Crippen LogP contribution in [0, 0.1) is 0 Å². The van der Waals surface area contributed by atoms with Crippen molar-refractivity contribution >= 4 is 40.2 Å². The molecule has 192 valence electrons. The molecule has 0 saturated heterocycles. The van der Waals surface area contributed by atoms with E-state index in [0.717, 1.165) is 29.8 Å². The SMILES string of the molecule is CNc1cc(Nc2cccn(-c3cc4c(s3)CCOC4)c2=O)nc2c(C(=O)N[C@@H]3CC[C@H]3OC)cnn12. The summed E-state index contributed by atoms with van der Waals surface area (Å²) < 4.78 is 14.1. The number of carbonyl (C=O) groups excluding carboxylic acids is 1. The molecule has 2 atom stereocenters. The Hall–Kier alpha value is -3.74. The van der Waals surface area contributed by atoms with E-state index in [-0.39, 0.29) is 23.6 Å². The van der Waals surface area contributed by atoms with E-state index < -0.39 is 0 Å². The highest BCUT2D eigenvalue weighted by Gasteiger charge is 2.33. The third-order valence-corrected chi connectivity index (χ3v) is 8.10. The molecule has 0 spiro atoms. The molecular weight excluding hydrogens is 494 g/mol. The third kappa shape index (κ3) is 4.26. The summed E-state index contributed by atoms with van der Waals surface area (Å²) in [6.45, 7) is 1.27. The lowest BCUT2D eigenvalue weighted by atomic mass is 9.89. The molecular formula is C25H27N7O4S. The largest absolute Gasteiger partial charge is 0.379 e. The smallest absolute Gasteiger partial charge is 0.279 e. The van der Waals surface area contributed by atoms with Crippen LogP contribution in [0.15, 0.2) is 41.5 Å². The van der Waals surface area contributed by atoms with Crippen LogP contribution in [-0.4, -0.2) is 58.0 Å². The highest BCUT2D eigenvalue weighted by atomic mass is 32.1. The van der Waals surface area contributed by atoms with E-state index in [2.05, 4.69) is 26.0 Å². The Balaban J connectivity index is 1.32. The fourth-order valence-electron chi connectivity index (χ4n) is 4.68. The molecule has 4 aromatic rings. The number of nitrogens with one attached hydrogen (secondary N) is 3. The number of ether oxygens (including phenoxy) is 2. The van der Waals surface area contributed by atoms with Gasteiger partial charge in [-0.15, -0.1) is 11.3 Å². The maximum absolute atomic E-state index is 13.4. The number of anilines is 3. The van der Waals surface area contributed by atoms with Gasteiger partial charge in [-0.1, -0.05) is 0 Å². The van der Waals surface area contributed by atoms with E-state index in [1.807, 2.05) is 12.1 Å². The molecule has 0 radical (unpaired) electrons. The van der Waals surface area contributed by atoms with Gasteiger partial charge in [0.25, 0.3) is 11.5 Å². The van der Waals surface area contributed by atoms with Crippen LogP contribution in [-0.2, 0) is 22.5 Å². The molecule has 6 rings (SSSR count). The number of pyridine rings is 1. The van der Waals surface area contributed by atoms with Crippen molar-refractivity contribution in [2.45, 2.75) is 38.0 Å². The summed E-state index contributed by atoms with van der Waals surface area (Å²) in [5, 5.41) is 14.4. The Morgan fingerprint density at radius 2 is 2.19 bits per heavy atom. The minimum atomic E-state index is -0.263. The highest BCUT2D eigenvalue weighted by Crippen LogP contribution is 2.29. The average molecular weight is 522 g/mol. The first-order valence-electron chi connectivity index (χ1n) is 12.1. The molecule has 5 heterocycles. The van der Waals surface area contributed by atoms with E-state index in [1.165, 1.54) is 11.1 Å². The summed E-state index contributed by atoms with van der Waals surface area (Å²) in [6, 6.07) is 7.26. The molecule has 4 aromatic heterocycles. The van der Waals surface area contributed by atoms with Crippen molar-refractivity contribution in [1.82, 2.24) is 24.5 Å². The molecule has 0 aromatic carbocycles. The summed E-state index contributed by atoms with van der Waals surface area (Å²) in [5.41, 5.74) is 2.03. The summed E-state index contributed by atoms with van der Waals surface area (Å²) in [5.74, 6) is 0.770. The van der Waals surface area contributed by atoms with Crippen molar-refractivity contribution in [2.24, 2.45) is 0 Å². The maximum atomic E-state index is 13.4. The zero-order chi connectivity index (χ0) is 25.5. The van der Waals surface area contributed by atoms with Gasteiger partial charge in [-0.3, -0.25) is 14.2 Å². The fourth-order valence-corrected chi connectivity index (χ4v) is 5.81. The van der Waals surface area contributed by atoms with Crippen LogP contribution in [0.2, 0.25) is 0 Å². The van der Waals surface area contributed by atoms with E-state index in [9.17, 15) is 9.59 Å². The first kappa shape index (κ1) is 23.6. The van der Waals surface area contributed by atoms with Crippen LogP contribution in [0.5, 0.6) is 0 Å². The number of hydrogen-bond donors (Lipinski definition) is 3. The molecule has 12 heteroatoms. The van der Waals surface area contributed by atoms with Gasteiger partial charge in [0, 0.05) is 37.7 Å². The van der Waals surface area contributed by atoms with E-state index in [1.54, 1.807) is 52.9 Å². The van der Waals surface area contributed by atoms with Crippen molar-refractivity contribution < 1.29 is 14.3 Å². The van der Waals surface area contributed by atoms with Gasteiger partial charge >= 0.3 is 0 Å². The van der Waals surface area contributed by atoms with Crippen LogP contribution in [0.4, 0.5) is 17.3 Å².